The lowest BCUT2D eigenvalue weighted by Crippen LogP contribution is -2.44. The molecule has 0 amide bonds. The van der Waals surface area contributed by atoms with Gasteiger partial charge >= 0.3 is 0 Å². The van der Waals surface area contributed by atoms with Crippen molar-refractivity contribution in [3.05, 3.63) is 81.3 Å². The van der Waals surface area contributed by atoms with Crippen LogP contribution in [0.4, 0.5) is 17.3 Å². The molecule has 5 aromatic rings. The number of nitrogens with zero attached hydrogens (tertiary/aromatic N) is 8. The van der Waals surface area contributed by atoms with E-state index in [2.05, 4.69) is 54.5 Å². The van der Waals surface area contributed by atoms with Crippen LogP contribution in [-0.2, 0) is 7.05 Å². The van der Waals surface area contributed by atoms with Gasteiger partial charge < -0.3 is 15.1 Å². The Balaban J connectivity index is 1.40. The van der Waals surface area contributed by atoms with Gasteiger partial charge in [-0.15, -0.1) is 0 Å². The van der Waals surface area contributed by atoms with Crippen molar-refractivity contribution >= 4 is 51.4 Å². The molecule has 3 aromatic heterocycles. The van der Waals surface area contributed by atoms with Crippen molar-refractivity contribution in [1.82, 2.24) is 34.4 Å². The van der Waals surface area contributed by atoms with E-state index in [0.717, 1.165) is 31.9 Å². The topological polar surface area (TPSA) is 97.0 Å². The van der Waals surface area contributed by atoms with Crippen molar-refractivity contribution < 1.29 is 0 Å². The normalized spacial score (nSPS) is 14.2. The molecule has 12 heteroatoms. The van der Waals surface area contributed by atoms with E-state index in [4.69, 9.17) is 23.2 Å². The van der Waals surface area contributed by atoms with Crippen LogP contribution in [0, 0.1) is 0 Å². The summed E-state index contributed by atoms with van der Waals surface area (Å²) in [6, 6.07) is 15.0. The molecule has 10 nitrogen and oxygen atoms in total. The zero-order valence-corrected chi connectivity index (χ0v) is 22.9. The number of likely N-dealkylation sites (N-methyl/N-ethyl adjacent to an activating group) is 1. The lowest BCUT2D eigenvalue weighted by molar-refractivity contribution is 0.313. The number of benzene rings is 2. The van der Waals surface area contributed by atoms with Crippen LogP contribution in [0.25, 0.3) is 28.0 Å². The Labute approximate surface area is 234 Å². The molecule has 0 spiro atoms. The van der Waals surface area contributed by atoms with Gasteiger partial charge in [0.05, 0.1) is 15.4 Å². The summed E-state index contributed by atoms with van der Waals surface area (Å²) in [5, 5.41) is 13.2. The second-order valence-electron chi connectivity index (χ2n) is 9.43. The summed E-state index contributed by atoms with van der Waals surface area (Å²) in [7, 11) is 3.95. The van der Waals surface area contributed by atoms with Crippen LogP contribution in [0.1, 0.15) is 0 Å². The average molecular weight is 562 g/mol. The van der Waals surface area contributed by atoms with Crippen LogP contribution in [0.2, 0.25) is 10.0 Å². The molecule has 0 bridgehead atoms. The SMILES string of the molecule is CN1CCN(c2ccc(Nc3ncc4c(=O)n(-c5c(Cl)cccc5Cl)nc(-c5ccn(C)n5)c4n3)cc2)CC1. The smallest absolute Gasteiger partial charge is 0.282 e. The maximum Gasteiger partial charge on any atom is 0.282 e. The summed E-state index contributed by atoms with van der Waals surface area (Å²) < 4.78 is 2.84. The Bertz CT molecular complexity index is 1700. The molecule has 1 fully saturated rings. The third kappa shape index (κ3) is 4.94. The van der Waals surface area contributed by atoms with E-state index in [9.17, 15) is 4.79 Å². The highest BCUT2D eigenvalue weighted by atomic mass is 35.5. The number of hydrogen-bond donors (Lipinski definition) is 1. The Morgan fingerprint density at radius 3 is 2.28 bits per heavy atom. The molecule has 1 saturated heterocycles. The van der Waals surface area contributed by atoms with E-state index < -0.39 is 5.56 Å². The molecule has 198 valence electrons. The number of piperazine rings is 1. The van der Waals surface area contributed by atoms with E-state index in [-0.39, 0.29) is 11.1 Å². The Morgan fingerprint density at radius 1 is 0.897 bits per heavy atom. The number of para-hydroxylation sites is 1. The van der Waals surface area contributed by atoms with Crippen molar-refractivity contribution in [2.45, 2.75) is 0 Å². The fourth-order valence-corrected chi connectivity index (χ4v) is 5.15. The summed E-state index contributed by atoms with van der Waals surface area (Å²) >= 11 is 12.8. The van der Waals surface area contributed by atoms with Gasteiger partial charge in [-0.25, -0.2) is 9.97 Å². The first-order valence-corrected chi connectivity index (χ1v) is 13.2. The summed E-state index contributed by atoms with van der Waals surface area (Å²) in [6.07, 6.45) is 3.28. The number of fused-ring (bicyclic) bond motifs is 1. The predicted molar refractivity (Wildman–Crippen MR) is 155 cm³/mol. The minimum absolute atomic E-state index is 0.262. The molecular formula is C27H25Cl2N9O. The quantitative estimate of drug-likeness (QED) is 0.337. The first kappa shape index (κ1) is 25.3. The Morgan fingerprint density at radius 2 is 1.62 bits per heavy atom. The van der Waals surface area contributed by atoms with Crippen LogP contribution in [0.15, 0.2) is 65.7 Å². The minimum Gasteiger partial charge on any atom is -0.369 e. The molecule has 0 radical (unpaired) electrons. The largest absolute Gasteiger partial charge is 0.369 e. The van der Waals surface area contributed by atoms with E-state index in [1.807, 2.05) is 12.1 Å². The number of hydrogen-bond acceptors (Lipinski definition) is 8. The van der Waals surface area contributed by atoms with Crippen molar-refractivity contribution in [3.8, 4) is 17.1 Å². The van der Waals surface area contributed by atoms with E-state index >= 15 is 0 Å². The maximum absolute atomic E-state index is 13.5. The Kier molecular flexibility index (Phi) is 6.68. The van der Waals surface area contributed by atoms with Crippen LogP contribution in [0.5, 0.6) is 0 Å². The van der Waals surface area contributed by atoms with Gasteiger partial charge in [0, 0.05) is 57.0 Å². The van der Waals surface area contributed by atoms with Crippen LogP contribution in [0.3, 0.4) is 0 Å². The molecule has 1 N–H and O–H groups in total. The highest BCUT2D eigenvalue weighted by Crippen LogP contribution is 2.30. The molecule has 1 aliphatic rings. The summed E-state index contributed by atoms with van der Waals surface area (Å²) in [5.41, 5.74) is 3.15. The van der Waals surface area contributed by atoms with Gasteiger partial charge in [-0.1, -0.05) is 29.3 Å². The molecule has 4 heterocycles. The number of halogens is 2. The van der Waals surface area contributed by atoms with Crippen LogP contribution in [-0.4, -0.2) is 67.7 Å². The van der Waals surface area contributed by atoms with Crippen LogP contribution < -0.4 is 15.8 Å². The number of rotatable bonds is 5. The molecule has 2 aromatic carbocycles. The van der Waals surface area contributed by atoms with Crippen LogP contribution >= 0.6 is 23.2 Å². The fraction of sp³-hybridized carbons (Fsp3) is 0.222. The summed E-state index contributed by atoms with van der Waals surface area (Å²) in [5.74, 6) is 0.335. The zero-order chi connectivity index (χ0) is 27.1. The molecule has 1 aliphatic heterocycles. The second kappa shape index (κ2) is 10.3. The van der Waals surface area contributed by atoms with Gasteiger partial charge in [-0.2, -0.15) is 14.9 Å². The van der Waals surface area contributed by atoms with Gasteiger partial charge in [0.25, 0.3) is 5.56 Å². The van der Waals surface area contributed by atoms with Crippen molar-refractivity contribution in [2.75, 3.05) is 43.4 Å². The molecule has 39 heavy (non-hydrogen) atoms. The highest BCUT2D eigenvalue weighted by molar-refractivity contribution is 6.37. The molecule has 0 aliphatic carbocycles. The van der Waals surface area contributed by atoms with Gasteiger partial charge in [0.15, 0.2) is 0 Å². The first-order valence-electron chi connectivity index (χ1n) is 12.4. The number of aromatic nitrogens is 6. The molecule has 6 rings (SSSR count). The third-order valence-electron chi connectivity index (χ3n) is 6.73. The van der Waals surface area contributed by atoms with E-state index in [1.165, 1.54) is 16.6 Å². The molecule has 0 atom stereocenters. The number of anilines is 3. The second-order valence-corrected chi connectivity index (χ2v) is 10.2. The summed E-state index contributed by atoms with van der Waals surface area (Å²) in [4.78, 5) is 27.4. The molecule has 0 unspecified atom stereocenters. The van der Waals surface area contributed by atoms with Crippen molar-refractivity contribution in [2.24, 2.45) is 7.05 Å². The van der Waals surface area contributed by atoms with Gasteiger partial charge in [-0.05, 0) is 49.5 Å². The maximum atomic E-state index is 13.5. The first-order chi connectivity index (χ1) is 18.9. The highest BCUT2D eigenvalue weighted by Gasteiger charge is 2.21. The van der Waals surface area contributed by atoms with Crippen molar-refractivity contribution in [3.63, 3.8) is 0 Å². The number of aryl methyl sites for hydroxylation is 1. The van der Waals surface area contributed by atoms with Gasteiger partial charge in [0.2, 0.25) is 5.95 Å². The monoisotopic (exact) mass is 561 g/mol. The lowest BCUT2D eigenvalue weighted by atomic mass is 10.2. The minimum atomic E-state index is -0.442. The standard InChI is InChI=1S/C27H25Cl2N9O/c1-35-12-14-37(15-13-35)18-8-6-17(7-9-18)31-27-30-16-19-23(32-27)24(22-10-11-36(2)33-22)34-38(26(19)39)25-20(28)4-3-5-21(25)29/h3-11,16H,12-15H2,1-2H3,(H,30,31,32). The van der Waals surface area contributed by atoms with Crippen molar-refractivity contribution in [1.29, 1.82) is 0 Å². The summed E-state index contributed by atoms with van der Waals surface area (Å²) in [6.45, 7) is 4.08. The molecular weight excluding hydrogens is 537 g/mol. The molecule has 0 saturated carbocycles. The van der Waals surface area contributed by atoms with Gasteiger partial charge in [-0.3, -0.25) is 9.48 Å². The average Bonchev–Trinajstić information content (AvgIpc) is 3.36. The lowest BCUT2D eigenvalue weighted by Gasteiger charge is -2.34. The van der Waals surface area contributed by atoms with E-state index in [1.54, 1.807) is 42.2 Å². The zero-order valence-electron chi connectivity index (χ0n) is 21.3. The third-order valence-corrected chi connectivity index (χ3v) is 7.34. The number of nitrogens with one attached hydrogen (secondary N) is 1. The fourth-order valence-electron chi connectivity index (χ4n) is 4.59. The predicted octanol–water partition coefficient (Wildman–Crippen LogP) is 4.38. The van der Waals surface area contributed by atoms with Gasteiger partial charge in [0.1, 0.15) is 22.6 Å². The van der Waals surface area contributed by atoms with E-state index in [0.29, 0.717) is 32.9 Å². The Hall–Kier alpha value is -3.99.